The molecule has 0 aliphatic heterocycles. The van der Waals surface area contributed by atoms with Crippen LogP contribution in [0, 0.1) is 0 Å². The van der Waals surface area contributed by atoms with Gasteiger partial charge >= 0.3 is 6.09 Å². The van der Waals surface area contributed by atoms with E-state index in [0.717, 1.165) is 18.4 Å². The Morgan fingerprint density at radius 1 is 1.47 bits per heavy atom. The summed E-state index contributed by atoms with van der Waals surface area (Å²) >= 11 is 5.76. The molecule has 0 saturated heterocycles. The Bertz CT molecular complexity index is 424. The van der Waals surface area contributed by atoms with Gasteiger partial charge in [0.15, 0.2) is 0 Å². The zero-order valence-electron chi connectivity index (χ0n) is 10.6. The minimum Gasteiger partial charge on any atom is -0.449 e. The van der Waals surface area contributed by atoms with Gasteiger partial charge in [0, 0.05) is 18.7 Å². The fourth-order valence-electron chi connectivity index (χ4n) is 1.48. The Morgan fingerprint density at radius 3 is 3.05 bits per heavy atom. The number of nitrogens with zero attached hydrogens (tertiary/aromatic N) is 1. The second-order valence-electron chi connectivity index (χ2n) is 4.45. The van der Waals surface area contributed by atoms with E-state index in [1.54, 1.807) is 12.3 Å². The molecule has 0 radical (unpaired) electrons. The predicted octanol–water partition coefficient (Wildman–Crippen LogP) is 2.53. The van der Waals surface area contributed by atoms with Gasteiger partial charge < -0.3 is 14.8 Å². The number of carbonyl (C=O) groups excluding carboxylic acids is 1. The number of ether oxygens (including phenoxy) is 2. The van der Waals surface area contributed by atoms with Crippen LogP contribution in [0.3, 0.4) is 0 Å². The van der Waals surface area contributed by atoms with Gasteiger partial charge in [0.2, 0.25) is 0 Å². The summed E-state index contributed by atoms with van der Waals surface area (Å²) in [5, 5.41) is 3.21. The van der Waals surface area contributed by atoms with Crippen LogP contribution < -0.4 is 5.32 Å². The number of aromatic nitrogens is 1. The molecular weight excluding hydrogens is 268 g/mol. The highest BCUT2D eigenvalue weighted by Gasteiger charge is 2.23. The van der Waals surface area contributed by atoms with Crippen LogP contribution in [0.2, 0.25) is 5.15 Å². The maximum Gasteiger partial charge on any atom is 0.407 e. The minimum atomic E-state index is -0.330. The number of pyridine rings is 1. The van der Waals surface area contributed by atoms with Crippen LogP contribution in [0.5, 0.6) is 0 Å². The molecule has 0 unspecified atom stereocenters. The average molecular weight is 285 g/mol. The van der Waals surface area contributed by atoms with Gasteiger partial charge in [-0.05, 0) is 30.5 Å². The first kappa shape index (κ1) is 14.1. The molecule has 0 spiro atoms. The largest absolute Gasteiger partial charge is 0.449 e. The second-order valence-corrected chi connectivity index (χ2v) is 4.83. The highest BCUT2D eigenvalue weighted by atomic mass is 35.5. The monoisotopic (exact) mass is 284 g/mol. The molecule has 1 N–H and O–H groups in total. The van der Waals surface area contributed by atoms with Crippen molar-refractivity contribution in [1.29, 1.82) is 0 Å². The topological polar surface area (TPSA) is 60.5 Å². The summed E-state index contributed by atoms with van der Waals surface area (Å²) in [7, 11) is 0. The molecule has 1 aliphatic carbocycles. The first-order valence-electron chi connectivity index (χ1n) is 6.35. The van der Waals surface area contributed by atoms with Crippen molar-refractivity contribution in [2.45, 2.75) is 31.9 Å². The summed E-state index contributed by atoms with van der Waals surface area (Å²) in [6.45, 7) is 1.39. The maximum absolute atomic E-state index is 11.2. The van der Waals surface area contributed by atoms with Crippen LogP contribution in [0.25, 0.3) is 0 Å². The summed E-state index contributed by atoms with van der Waals surface area (Å²) in [5.41, 5.74) is 0.979. The number of alkyl carbamates (subject to hydrolysis) is 1. The van der Waals surface area contributed by atoms with E-state index in [1.807, 2.05) is 6.07 Å². The molecule has 0 aromatic carbocycles. The number of hydrogen-bond donors (Lipinski definition) is 1. The Balaban J connectivity index is 1.48. The summed E-state index contributed by atoms with van der Waals surface area (Å²) in [6.07, 6.45) is 4.12. The predicted molar refractivity (Wildman–Crippen MR) is 71.0 cm³/mol. The second kappa shape index (κ2) is 7.31. The lowest BCUT2D eigenvalue weighted by molar-refractivity contribution is 0.0921. The van der Waals surface area contributed by atoms with Crippen molar-refractivity contribution in [2.75, 3.05) is 13.2 Å². The van der Waals surface area contributed by atoms with Gasteiger partial charge in [-0.1, -0.05) is 11.6 Å². The quantitative estimate of drug-likeness (QED) is 0.617. The summed E-state index contributed by atoms with van der Waals surface area (Å²) in [5.74, 6) is 0. The van der Waals surface area contributed by atoms with Crippen LogP contribution in [-0.4, -0.2) is 30.3 Å². The summed E-state index contributed by atoms with van der Waals surface area (Å²) in [4.78, 5) is 15.1. The van der Waals surface area contributed by atoms with Gasteiger partial charge in [0.1, 0.15) is 5.15 Å². The van der Waals surface area contributed by atoms with E-state index in [9.17, 15) is 4.79 Å². The summed E-state index contributed by atoms with van der Waals surface area (Å²) < 4.78 is 10.5. The Morgan fingerprint density at radius 2 is 2.32 bits per heavy atom. The lowest BCUT2D eigenvalue weighted by Gasteiger charge is -2.07. The third kappa shape index (κ3) is 5.89. The molecule has 6 heteroatoms. The molecule has 1 heterocycles. The van der Waals surface area contributed by atoms with Crippen molar-refractivity contribution in [1.82, 2.24) is 10.3 Å². The zero-order chi connectivity index (χ0) is 13.5. The van der Waals surface area contributed by atoms with Crippen LogP contribution in [0.15, 0.2) is 18.3 Å². The van der Waals surface area contributed by atoms with Gasteiger partial charge in [-0.2, -0.15) is 0 Å². The number of amides is 1. The van der Waals surface area contributed by atoms with Crippen molar-refractivity contribution in [3.63, 3.8) is 0 Å². The third-order valence-corrected chi connectivity index (χ3v) is 2.83. The van der Waals surface area contributed by atoms with Gasteiger partial charge in [0.05, 0.1) is 19.8 Å². The molecule has 5 nitrogen and oxygen atoms in total. The van der Waals surface area contributed by atoms with E-state index in [0.29, 0.717) is 37.4 Å². The van der Waals surface area contributed by atoms with E-state index >= 15 is 0 Å². The highest BCUT2D eigenvalue weighted by Crippen LogP contribution is 2.18. The van der Waals surface area contributed by atoms with Crippen molar-refractivity contribution >= 4 is 17.7 Å². The van der Waals surface area contributed by atoms with E-state index in [4.69, 9.17) is 21.1 Å². The fraction of sp³-hybridized carbons (Fsp3) is 0.538. The van der Waals surface area contributed by atoms with E-state index < -0.39 is 0 Å². The van der Waals surface area contributed by atoms with Crippen molar-refractivity contribution < 1.29 is 14.3 Å². The zero-order valence-corrected chi connectivity index (χ0v) is 11.4. The molecule has 104 valence electrons. The Labute approximate surface area is 117 Å². The van der Waals surface area contributed by atoms with E-state index in [2.05, 4.69) is 10.3 Å². The van der Waals surface area contributed by atoms with Crippen LogP contribution in [0.4, 0.5) is 4.79 Å². The minimum absolute atomic E-state index is 0.330. The lowest BCUT2D eigenvalue weighted by atomic mass is 10.3. The van der Waals surface area contributed by atoms with Crippen molar-refractivity contribution in [3.05, 3.63) is 29.0 Å². The number of hydrogen-bond acceptors (Lipinski definition) is 4. The maximum atomic E-state index is 11.2. The van der Waals surface area contributed by atoms with Crippen LogP contribution >= 0.6 is 11.6 Å². The van der Waals surface area contributed by atoms with Crippen LogP contribution in [0.1, 0.15) is 24.8 Å². The fourth-order valence-corrected chi connectivity index (χ4v) is 1.68. The number of nitrogens with one attached hydrogen (secondary N) is 1. The smallest absolute Gasteiger partial charge is 0.407 e. The molecule has 1 fully saturated rings. The molecule has 1 amide bonds. The number of rotatable bonds is 7. The standard InChI is InChI=1S/C13H17ClN2O3/c14-12-8-10(4-5-15-12)9-18-6-1-7-19-13(17)16-11-2-3-11/h4-5,8,11H,1-3,6-7,9H2,(H,16,17). The molecule has 1 aliphatic rings. The lowest BCUT2D eigenvalue weighted by Crippen LogP contribution is -2.26. The molecule has 1 aromatic heterocycles. The Kier molecular flexibility index (Phi) is 5.42. The van der Waals surface area contributed by atoms with Crippen LogP contribution in [-0.2, 0) is 16.1 Å². The molecule has 19 heavy (non-hydrogen) atoms. The summed E-state index contributed by atoms with van der Waals surface area (Å²) in [6, 6.07) is 3.95. The van der Waals surface area contributed by atoms with Crippen molar-refractivity contribution in [3.8, 4) is 0 Å². The SMILES string of the molecule is O=C(NC1CC1)OCCCOCc1ccnc(Cl)c1. The van der Waals surface area contributed by atoms with E-state index in [1.165, 1.54) is 0 Å². The van der Waals surface area contributed by atoms with Gasteiger partial charge in [0.25, 0.3) is 0 Å². The number of carbonyl (C=O) groups is 1. The normalized spacial score (nSPS) is 14.2. The number of halogens is 1. The van der Waals surface area contributed by atoms with E-state index in [-0.39, 0.29) is 6.09 Å². The average Bonchev–Trinajstić information content (AvgIpc) is 3.17. The van der Waals surface area contributed by atoms with Gasteiger partial charge in [-0.3, -0.25) is 0 Å². The Hall–Kier alpha value is -1.33. The highest BCUT2D eigenvalue weighted by molar-refractivity contribution is 6.29. The van der Waals surface area contributed by atoms with Crippen molar-refractivity contribution in [2.24, 2.45) is 0 Å². The molecule has 1 aromatic rings. The molecule has 0 atom stereocenters. The van der Waals surface area contributed by atoms with Gasteiger partial charge in [-0.15, -0.1) is 0 Å². The van der Waals surface area contributed by atoms with Gasteiger partial charge in [-0.25, -0.2) is 9.78 Å². The first-order chi connectivity index (χ1) is 9.24. The molecular formula is C13H17ClN2O3. The molecule has 1 saturated carbocycles. The third-order valence-electron chi connectivity index (χ3n) is 2.63. The first-order valence-corrected chi connectivity index (χ1v) is 6.73. The molecule has 2 rings (SSSR count). The molecule has 0 bridgehead atoms.